The van der Waals surface area contributed by atoms with E-state index in [1.54, 1.807) is 0 Å². The number of carbonyl (C=O) groups is 1. The van der Waals surface area contributed by atoms with Crippen molar-refractivity contribution in [3.05, 3.63) is 0 Å². The average Bonchev–Trinajstić information content (AvgIpc) is 1.82. The zero-order valence-electron chi connectivity index (χ0n) is 5.80. The second-order valence-corrected chi connectivity index (χ2v) is 3.29. The highest BCUT2D eigenvalue weighted by molar-refractivity contribution is 7.49. The predicted molar refractivity (Wildman–Crippen MR) is 36.9 cm³/mol. The molecule has 1 radical (unpaired) electrons. The Morgan fingerprint density at radius 1 is 1.58 bits per heavy atom. The Balaban J connectivity index is 4.10. The third-order valence-corrected chi connectivity index (χ3v) is 1.49. The fraction of sp³-hybridized carbons (Fsp3) is 0.500. The van der Waals surface area contributed by atoms with Crippen LogP contribution in [0.3, 0.4) is 0 Å². The summed E-state index contributed by atoms with van der Waals surface area (Å²) in [5.74, 6) is -1.34. The van der Waals surface area contributed by atoms with E-state index in [1.165, 1.54) is 5.09 Å². The van der Waals surface area contributed by atoms with E-state index in [0.29, 0.717) is 0 Å². The summed E-state index contributed by atoms with van der Waals surface area (Å²) in [5.41, 5.74) is 0. The molecule has 0 unspecified atom stereocenters. The van der Waals surface area contributed by atoms with E-state index in [9.17, 15) is 14.2 Å². The van der Waals surface area contributed by atoms with E-state index in [1.807, 2.05) is 0 Å². The normalized spacial score (nSPS) is 13.8. The Labute approximate surface area is 67.6 Å². The molecule has 0 fully saturated rings. The number of carboxylic acids is 1. The first kappa shape index (κ1) is 11.2. The molecule has 0 aliphatic heterocycles. The molecule has 0 spiro atoms. The fourth-order valence-electron chi connectivity index (χ4n) is 0.491. The molecule has 0 bridgehead atoms. The molecular weight excluding hydrogens is 189 g/mol. The molecule has 0 aromatic carbocycles. The Morgan fingerprint density at radius 2 is 2.08 bits per heavy atom. The summed E-state index contributed by atoms with van der Waals surface area (Å²) in [5, 5.41) is 9.64. The SMILES string of the molecule is O=[C][C@H](CC(=O)O)NP(=O)(O)O. The molecule has 0 aliphatic rings. The average molecular weight is 196 g/mol. The van der Waals surface area contributed by atoms with Crippen LogP contribution in [0.5, 0.6) is 0 Å². The van der Waals surface area contributed by atoms with Crippen LogP contribution in [0, 0.1) is 0 Å². The Morgan fingerprint density at radius 3 is 2.33 bits per heavy atom. The number of hydrogen-bond donors (Lipinski definition) is 4. The van der Waals surface area contributed by atoms with E-state index in [-0.39, 0.29) is 0 Å². The number of hydrogen-bond acceptors (Lipinski definition) is 3. The monoisotopic (exact) mass is 196 g/mol. The minimum Gasteiger partial charge on any atom is -0.481 e. The van der Waals surface area contributed by atoms with Crippen LogP contribution < -0.4 is 5.09 Å². The van der Waals surface area contributed by atoms with E-state index >= 15 is 0 Å². The van der Waals surface area contributed by atoms with Crippen LogP contribution in [0.15, 0.2) is 0 Å². The second-order valence-electron chi connectivity index (χ2n) is 1.94. The van der Waals surface area contributed by atoms with Gasteiger partial charge in [-0.25, -0.2) is 9.65 Å². The van der Waals surface area contributed by atoms with Crippen LogP contribution >= 0.6 is 7.75 Å². The summed E-state index contributed by atoms with van der Waals surface area (Å²) in [4.78, 5) is 36.4. The summed E-state index contributed by atoms with van der Waals surface area (Å²) in [6, 6.07) is -1.48. The smallest absolute Gasteiger partial charge is 0.400 e. The molecule has 0 aliphatic carbocycles. The lowest BCUT2D eigenvalue weighted by atomic mass is 10.2. The highest BCUT2D eigenvalue weighted by Crippen LogP contribution is 2.29. The maximum Gasteiger partial charge on any atom is 0.400 e. The number of aliphatic carboxylic acids is 1. The van der Waals surface area contributed by atoms with E-state index in [0.717, 1.165) is 6.29 Å². The van der Waals surface area contributed by atoms with Gasteiger partial charge in [0.1, 0.15) is 0 Å². The van der Waals surface area contributed by atoms with Crippen molar-refractivity contribution >= 4 is 20.0 Å². The van der Waals surface area contributed by atoms with Gasteiger partial charge in [0.2, 0.25) is 6.29 Å². The van der Waals surface area contributed by atoms with Crippen LogP contribution in [-0.4, -0.2) is 33.2 Å². The zero-order chi connectivity index (χ0) is 9.78. The van der Waals surface area contributed by atoms with Crippen molar-refractivity contribution in [2.75, 3.05) is 0 Å². The van der Waals surface area contributed by atoms with Crippen molar-refractivity contribution in [1.29, 1.82) is 0 Å². The molecule has 0 aromatic heterocycles. The minimum absolute atomic E-state index is 0.714. The van der Waals surface area contributed by atoms with E-state index in [4.69, 9.17) is 14.9 Å². The molecule has 0 saturated carbocycles. The van der Waals surface area contributed by atoms with Crippen molar-refractivity contribution in [2.45, 2.75) is 12.5 Å². The van der Waals surface area contributed by atoms with Crippen molar-refractivity contribution < 1.29 is 29.0 Å². The molecule has 8 heteroatoms. The van der Waals surface area contributed by atoms with Crippen molar-refractivity contribution in [1.82, 2.24) is 5.09 Å². The number of carbonyl (C=O) groups excluding carboxylic acids is 1. The second kappa shape index (κ2) is 4.32. The van der Waals surface area contributed by atoms with E-state index in [2.05, 4.69) is 0 Å². The van der Waals surface area contributed by atoms with Gasteiger partial charge in [0.25, 0.3) is 0 Å². The van der Waals surface area contributed by atoms with Gasteiger partial charge in [0.05, 0.1) is 12.5 Å². The maximum atomic E-state index is 10.2. The Bertz CT molecular complexity index is 222. The largest absolute Gasteiger partial charge is 0.481 e. The van der Waals surface area contributed by atoms with Crippen molar-refractivity contribution in [3.8, 4) is 0 Å². The first-order valence-electron chi connectivity index (χ1n) is 2.78. The van der Waals surface area contributed by atoms with Crippen LogP contribution in [-0.2, 0) is 14.2 Å². The summed E-state index contributed by atoms with van der Waals surface area (Å²) < 4.78 is 10.2. The first-order chi connectivity index (χ1) is 5.35. The molecule has 0 rings (SSSR count). The summed E-state index contributed by atoms with van der Waals surface area (Å²) >= 11 is 0. The van der Waals surface area contributed by atoms with Gasteiger partial charge in [0.15, 0.2) is 0 Å². The summed E-state index contributed by atoms with van der Waals surface area (Å²) in [6.07, 6.45) is 0.442. The Kier molecular flexibility index (Phi) is 4.05. The molecule has 69 valence electrons. The topological polar surface area (TPSA) is 124 Å². The number of carboxylic acid groups (broad SMARTS) is 1. The third kappa shape index (κ3) is 5.99. The molecule has 12 heavy (non-hydrogen) atoms. The van der Waals surface area contributed by atoms with Gasteiger partial charge in [-0.1, -0.05) is 0 Å². The number of nitrogens with one attached hydrogen (secondary N) is 1. The quantitative estimate of drug-likeness (QED) is 0.399. The highest BCUT2D eigenvalue weighted by Gasteiger charge is 2.22. The van der Waals surface area contributed by atoms with Gasteiger partial charge in [0, 0.05) is 0 Å². The lowest BCUT2D eigenvalue weighted by Crippen LogP contribution is -2.30. The molecule has 0 saturated heterocycles. The Hall–Kier alpha value is -0.750. The van der Waals surface area contributed by atoms with E-state index < -0.39 is 26.2 Å². The molecule has 0 heterocycles. The third-order valence-electron chi connectivity index (χ3n) is 0.845. The van der Waals surface area contributed by atoms with Gasteiger partial charge in [-0.3, -0.25) is 9.59 Å². The van der Waals surface area contributed by atoms with Crippen LogP contribution in [0.25, 0.3) is 0 Å². The van der Waals surface area contributed by atoms with Gasteiger partial charge < -0.3 is 14.9 Å². The van der Waals surface area contributed by atoms with Gasteiger partial charge in [-0.15, -0.1) is 0 Å². The minimum atomic E-state index is -4.57. The van der Waals surface area contributed by atoms with Gasteiger partial charge >= 0.3 is 13.7 Å². The summed E-state index contributed by atoms with van der Waals surface area (Å²) in [7, 11) is -4.57. The first-order valence-corrected chi connectivity index (χ1v) is 4.39. The lowest BCUT2D eigenvalue weighted by molar-refractivity contribution is -0.137. The summed E-state index contributed by atoms with van der Waals surface area (Å²) in [6.45, 7) is 0. The number of rotatable bonds is 5. The predicted octanol–water partition coefficient (Wildman–Crippen LogP) is -1.38. The van der Waals surface area contributed by atoms with Gasteiger partial charge in [-0.05, 0) is 0 Å². The molecule has 0 aromatic rings. The fourth-order valence-corrected chi connectivity index (χ4v) is 1.04. The lowest BCUT2D eigenvalue weighted by Gasteiger charge is -2.09. The van der Waals surface area contributed by atoms with Crippen LogP contribution in [0.2, 0.25) is 0 Å². The molecule has 4 N–H and O–H groups in total. The molecule has 1 atom stereocenters. The molecule has 0 amide bonds. The maximum absolute atomic E-state index is 10.2. The standard InChI is InChI=1S/C4H7NO6P/c6-2-3(1-4(7)8)5-12(9,10)11/h3H,1H2,(H,7,8)(H3,5,9,10,11)/t3-/m0/s1. The van der Waals surface area contributed by atoms with Gasteiger partial charge in [-0.2, -0.15) is 0 Å². The van der Waals surface area contributed by atoms with Crippen LogP contribution in [0.1, 0.15) is 6.42 Å². The zero-order valence-corrected chi connectivity index (χ0v) is 6.69. The molecule has 7 nitrogen and oxygen atoms in total. The van der Waals surface area contributed by atoms with Crippen molar-refractivity contribution in [2.24, 2.45) is 0 Å². The molecular formula is C4H7NO6P. The van der Waals surface area contributed by atoms with Crippen LogP contribution in [0.4, 0.5) is 0 Å². The van der Waals surface area contributed by atoms with Crippen molar-refractivity contribution in [3.63, 3.8) is 0 Å². The highest BCUT2D eigenvalue weighted by atomic mass is 31.2.